The summed E-state index contributed by atoms with van der Waals surface area (Å²) in [6.07, 6.45) is 5.95. The second kappa shape index (κ2) is 12.0. The molecule has 2 heterocycles. The van der Waals surface area contributed by atoms with Gasteiger partial charge in [0, 0.05) is 13.0 Å². The molecule has 10 nitrogen and oxygen atoms in total. The van der Waals surface area contributed by atoms with Gasteiger partial charge in [0.2, 0.25) is 11.8 Å². The first-order chi connectivity index (χ1) is 18.6. The fraction of sp³-hybridized carbons (Fsp3) is 0.655. The molecule has 214 valence electrons. The Kier molecular flexibility index (Phi) is 8.96. The van der Waals surface area contributed by atoms with Crippen molar-refractivity contribution in [2.45, 2.75) is 88.5 Å². The summed E-state index contributed by atoms with van der Waals surface area (Å²) in [6.45, 7) is 4.00. The van der Waals surface area contributed by atoms with Crippen molar-refractivity contribution in [3.8, 4) is 5.75 Å². The molecule has 3 aliphatic rings. The average Bonchev–Trinajstić information content (AvgIpc) is 3.29. The monoisotopic (exact) mass is 543 g/mol. The van der Waals surface area contributed by atoms with Crippen LogP contribution in [0.4, 0.5) is 0 Å². The number of rotatable bonds is 13. The number of epoxide rings is 1. The number of hydrogen-bond acceptors (Lipinski definition) is 7. The van der Waals surface area contributed by atoms with Gasteiger partial charge in [0.15, 0.2) is 11.4 Å². The highest BCUT2D eigenvalue weighted by Gasteiger charge is 2.51. The van der Waals surface area contributed by atoms with Gasteiger partial charge >= 0.3 is 0 Å². The van der Waals surface area contributed by atoms with Gasteiger partial charge in [-0.3, -0.25) is 19.2 Å². The molecule has 4 N–H and O–H groups in total. The highest BCUT2D eigenvalue weighted by atomic mass is 16.6. The summed E-state index contributed by atoms with van der Waals surface area (Å²) in [5, 5.41) is 5.78. The van der Waals surface area contributed by atoms with Crippen LogP contribution in [0.15, 0.2) is 24.3 Å². The third kappa shape index (κ3) is 6.61. The molecule has 4 rings (SSSR count). The molecule has 10 heteroatoms. The number of nitrogens with two attached hydrogens (primary N) is 1. The largest absolute Gasteiger partial charge is 0.497 e. The second-order valence-corrected chi connectivity index (χ2v) is 11.4. The van der Waals surface area contributed by atoms with Crippen molar-refractivity contribution in [3.63, 3.8) is 0 Å². The third-order valence-electron chi connectivity index (χ3n) is 8.57. The van der Waals surface area contributed by atoms with Gasteiger partial charge in [0.05, 0.1) is 25.7 Å². The van der Waals surface area contributed by atoms with E-state index < -0.39 is 46.9 Å². The molecule has 3 amide bonds. The summed E-state index contributed by atoms with van der Waals surface area (Å²) >= 11 is 0. The van der Waals surface area contributed by atoms with Crippen LogP contribution in [-0.4, -0.2) is 67.1 Å². The molecule has 2 aliphatic heterocycles. The maximum absolute atomic E-state index is 13.7. The van der Waals surface area contributed by atoms with Crippen molar-refractivity contribution in [1.29, 1.82) is 0 Å². The summed E-state index contributed by atoms with van der Waals surface area (Å²) in [5.41, 5.74) is 4.15. The zero-order chi connectivity index (χ0) is 28.2. The van der Waals surface area contributed by atoms with Gasteiger partial charge in [-0.1, -0.05) is 44.7 Å². The SMILES string of the molecule is COc1ccc(C[C@H](NC(=O)[C@H](C)C2(C(N)=O)CCCO2)C(=O)N[C@@H](CC2CCCC2)C(=O)[C@@]2(C)CO2)cc1. The van der Waals surface area contributed by atoms with Crippen LogP contribution in [-0.2, 0) is 35.1 Å². The normalized spacial score (nSPS) is 26.8. The van der Waals surface area contributed by atoms with Gasteiger partial charge in [0.25, 0.3) is 5.91 Å². The molecule has 1 aromatic rings. The first-order valence-corrected chi connectivity index (χ1v) is 13.9. The van der Waals surface area contributed by atoms with E-state index in [1.165, 1.54) is 0 Å². The molecule has 1 aliphatic carbocycles. The number of benzene rings is 1. The standard InChI is InChI=1S/C29H41N3O7/c1-18(29(27(30)36)13-6-14-38-29)25(34)32-23(16-20-9-11-21(37-3)12-10-20)26(35)31-22(15-19-7-4-5-8-19)24(33)28(2)17-39-28/h9-12,18-19,22-23H,4-8,13-17H2,1-3H3,(H2,30,36)(H,31,35)(H,32,34)/t18-,22-,23-,28+,29?/m0/s1. The fourth-order valence-corrected chi connectivity index (χ4v) is 5.83. The average molecular weight is 544 g/mol. The fourth-order valence-electron chi connectivity index (χ4n) is 5.83. The van der Waals surface area contributed by atoms with E-state index in [0.717, 1.165) is 31.2 Å². The van der Waals surface area contributed by atoms with E-state index in [4.69, 9.17) is 19.9 Å². The van der Waals surface area contributed by atoms with Crippen LogP contribution in [0.2, 0.25) is 0 Å². The Morgan fingerprint density at radius 1 is 1.03 bits per heavy atom. The predicted octanol–water partition coefficient (Wildman–Crippen LogP) is 1.82. The molecule has 1 aromatic carbocycles. The Morgan fingerprint density at radius 2 is 1.67 bits per heavy atom. The summed E-state index contributed by atoms with van der Waals surface area (Å²) in [7, 11) is 1.57. The molecule has 0 radical (unpaired) electrons. The van der Waals surface area contributed by atoms with Crippen molar-refractivity contribution >= 4 is 23.5 Å². The van der Waals surface area contributed by atoms with Crippen molar-refractivity contribution in [2.24, 2.45) is 17.6 Å². The quantitative estimate of drug-likeness (QED) is 0.321. The molecule has 0 bridgehead atoms. The topological polar surface area (TPSA) is 149 Å². The number of methoxy groups -OCH3 is 1. The van der Waals surface area contributed by atoms with E-state index in [0.29, 0.717) is 44.1 Å². The van der Waals surface area contributed by atoms with Crippen LogP contribution in [0.25, 0.3) is 0 Å². The van der Waals surface area contributed by atoms with Gasteiger partial charge < -0.3 is 30.6 Å². The van der Waals surface area contributed by atoms with Crippen molar-refractivity contribution in [2.75, 3.05) is 20.3 Å². The highest BCUT2D eigenvalue weighted by molar-refractivity contribution is 5.98. The Hall–Kier alpha value is -2.98. The van der Waals surface area contributed by atoms with E-state index >= 15 is 0 Å². The maximum atomic E-state index is 13.7. The molecule has 39 heavy (non-hydrogen) atoms. The van der Waals surface area contributed by atoms with E-state index in [1.807, 2.05) is 12.1 Å². The van der Waals surface area contributed by atoms with E-state index in [-0.39, 0.29) is 12.2 Å². The maximum Gasteiger partial charge on any atom is 0.250 e. The lowest BCUT2D eigenvalue weighted by atomic mass is 9.84. The Labute approximate surface area is 229 Å². The van der Waals surface area contributed by atoms with Crippen LogP contribution in [0.5, 0.6) is 5.75 Å². The van der Waals surface area contributed by atoms with Crippen LogP contribution in [0.3, 0.4) is 0 Å². The number of hydrogen-bond donors (Lipinski definition) is 3. The zero-order valence-corrected chi connectivity index (χ0v) is 23.1. The third-order valence-corrected chi connectivity index (χ3v) is 8.57. The molecular formula is C29H41N3O7. The van der Waals surface area contributed by atoms with Gasteiger partial charge in [-0.05, 0) is 49.8 Å². The number of ketones is 1. The van der Waals surface area contributed by atoms with Crippen molar-refractivity contribution in [1.82, 2.24) is 10.6 Å². The van der Waals surface area contributed by atoms with Crippen LogP contribution in [0.1, 0.15) is 64.4 Å². The number of amides is 3. The number of nitrogens with one attached hydrogen (secondary N) is 2. The first-order valence-electron chi connectivity index (χ1n) is 13.9. The molecule has 3 fully saturated rings. The lowest BCUT2D eigenvalue weighted by Gasteiger charge is -2.32. The van der Waals surface area contributed by atoms with Gasteiger partial charge in [-0.25, -0.2) is 0 Å². The lowest BCUT2D eigenvalue weighted by molar-refractivity contribution is -0.152. The molecule has 0 aromatic heterocycles. The summed E-state index contributed by atoms with van der Waals surface area (Å²) in [6, 6.07) is 5.49. The molecule has 1 saturated carbocycles. The number of Topliss-reactive ketones (excluding diaryl/α,β-unsaturated/α-hetero) is 1. The Balaban J connectivity index is 1.54. The minimum Gasteiger partial charge on any atom is -0.497 e. The van der Waals surface area contributed by atoms with E-state index in [9.17, 15) is 19.2 Å². The Bertz CT molecular complexity index is 1060. The van der Waals surface area contributed by atoms with Gasteiger partial charge in [-0.2, -0.15) is 0 Å². The minimum atomic E-state index is -1.41. The molecule has 2 saturated heterocycles. The Morgan fingerprint density at radius 3 is 2.21 bits per heavy atom. The van der Waals surface area contributed by atoms with Crippen LogP contribution in [0, 0.1) is 11.8 Å². The number of carbonyl (C=O) groups is 4. The van der Waals surface area contributed by atoms with E-state index in [1.54, 1.807) is 33.1 Å². The summed E-state index contributed by atoms with van der Waals surface area (Å²) < 4.78 is 16.3. The number of ether oxygens (including phenoxy) is 3. The zero-order valence-electron chi connectivity index (χ0n) is 23.1. The molecule has 0 spiro atoms. The molecular weight excluding hydrogens is 502 g/mol. The van der Waals surface area contributed by atoms with Gasteiger partial charge in [-0.15, -0.1) is 0 Å². The highest BCUT2D eigenvalue weighted by Crippen LogP contribution is 2.35. The predicted molar refractivity (Wildman–Crippen MR) is 143 cm³/mol. The molecule has 5 atom stereocenters. The minimum absolute atomic E-state index is 0.141. The van der Waals surface area contributed by atoms with Crippen LogP contribution < -0.4 is 21.1 Å². The summed E-state index contributed by atoms with van der Waals surface area (Å²) in [4.78, 5) is 52.8. The first kappa shape index (κ1) is 29.0. The number of primary amides is 1. The van der Waals surface area contributed by atoms with Crippen LogP contribution >= 0.6 is 0 Å². The lowest BCUT2D eigenvalue weighted by Crippen LogP contribution is -2.58. The molecule has 1 unspecified atom stereocenters. The van der Waals surface area contributed by atoms with Crippen molar-refractivity contribution in [3.05, 3.63) is 29.8 Å². The smallest absolute Gasteiger partial charge is 0.250 e. The van der Waals surface area contributed by atoms with Crippen molar-refractivity contribution < 1.29 is 33.4 Å². The van der Waals surface area contributed by atoms with E-state index in [2.05, 4.69) is 10.6 Å². The second-order valence-electron chi connectivity index (χ2n) is 11.4. The van der Waals surface area contributed by atoms with Gasteiger partial charge in [0.1, 0.15) is 17.4 Å². The summed E-state index contributed by atoms with van der Waals surface area (Å²) in [5.74, 6) is -1.70. The number of carbonyl (C=O) groups excluding carboxylic acids is 4.